The van der Waals surface area contributed by atoms with Crippen molar-refractivity contribution in [2.24, 2.45) is 11.8 Å². The molecule has 0 aromatic heterocycles. The zero-order chi connectivity index (χ0) is 13.2. The van der Waals surface area contributed by atoms with Crippen LogP contribution in [0.25, 0.3) is 0 Å². The van der Waals surface area contributed by atoms with Crippen molar-refractivity contribution in [2.75, 3.05) is 0 Å². The van der Waals surface area contributed by atoms with Gasteiger partial charge in [0, 0.05) is 17.6 Å². The third-order valence-corrected chi connectivity index (χ3v) is 4.94. The molecule has 3 rings (SSSR count). The summed E-state index contributed by atoms with van der Waals surface area (Å²) in [5.41, 5.74) is 1.20. The van der Waals surface area contributed by atoms with Crippen LogP contribution in [0.15, 0.2) is 24.3 Å². The fraction of sp³-hybridized carbons (Fsp3) is 0.533. The predicted octanol–water partition coefficient (Wildman–Crippen LogP) is 3.49. The first kappa shape index (κ1) is 13.2. The van der Waals surface area contributed by atoms with Gasteiger partial charge in [-0.1, -0.05) is 30.2 Å². The molecule has 2 aliphatic rings. The number of fused-ring (bicyclic) bond motifs is 2. The van der Waals surface area contributed by atoms with Crippen molar-refractivity contribution < 1.29 is 0 Å². The van der Waals surface area contributed by atoms with Crippen molar-refractivity contribution in [1.29, 1.82) is 0 Å². The van der Waals surface area contributed by atoms with Gasteiger partial charge in [-0.2, -0.15) is 0 Å². The number of benzene rings is 1. The van der Waals surface area contributed by atoms with Gasteiger partial charge in [-0.15, -0.1) is 0 Å². The maximum absolute atomic E-state index is 5.87. The van der Waals surface area contributed by atoms with Gasteiger partial charge in [-0.25, -0.2) is 0 Å². The van der Waals surface area contributed by atoms with E-state index in [0.29, 0.717) is 6.04 Å². The average Bonchev–Trinajstić information content (AvgIpc) is 3.00. The summed E-state index contributed by atoms with van der Waals surface area (Å²) in [6.45, 7) is 0.754. The molecule has 1 aromatic carbocycles. The van der Waals surface area contributed by atoms with Crippen LogP contribution in [0.1, 0.15) is 31.2 Å². The molecule has 0 saturated heterocycles. The average molecular weight is 295 g/mol. The van der Waals surface area contributed by atoms with Crippen LogP contribution in [0.3, 0.4) is 0 Å². The molecule has 2 N–H and O–H groups in total. The fourth-order valence-electron chi connectivity index (χ4n) is 3.43. The molecular formula is C15H19ClN2S. The third kappa shape index (κ3) is 3.21. The van der Waals surface area contributed by atoms with Crippen molar-refractivity contribution in [3.8, 4) is 0 Å². The number of rotatable bonds is 3. The van der Waals surface area contributed by atoms with Gasteiger partial charge in [0.1, 0.15) is 0 Å². The molecule has 2 aliphatic carbocycles. The Morgan fingerprint density at radius 2 is 2.00 bits per heavy atom. The molecule has 2 bridgehead atoms. The number of hydrogen-bond acceptors (Lipinski definition) is 1. The minimum atomic E-state index is 0.601. The van der Waals surface area contributed by atoms with E-state index in [1.807, 2.05) is 24.3 Å². The van der Waals surface area contributed by atoms with Gasteiger partial charge in [0.2, 0.25) is 0 Å². The number of halogens is 1. The van der Waals surface area contributed by atoms with Crippen LogP contribution in [0.2, 0.25) is 5.02 Å². The summed E-state index contributed by atoms with van der Waals surface area (Å²) in [4.78, 5) is 0. The Balaban J connectivity index is 1.45. The van der Waals surface area contributed by atoms with Crippen LogP contribution in [0.5, 0.6) is 0 Å². The minimum Gasteiger partial charge on any atom is -0.360 e. The Labute approximate surface area is 124 Å². The van der Waals surface area contributed by atoms with Gasteiger partial charge in [0.05, 0.1) is 0 Å². The largest absolute Gasteiger partial charge is 0.360 e. The SMILES string of the molecule is S=C(NCc1ccc(Cl)cc1)NC1CC2CCC1C2. The first-order chi connectivity index (χ1) is 9.20. The molecule has 102 valence electrons. The van der Waals surface area contributed by atoms with Gasteiger partial charge in [-0.05, 0) is 61.0 Å². The molecule has 3 unspecified atom stereocenters. The van der Waals surface area contributed by atoms with Gasteiger partial charge in [-0.3, -0.25) is 0 Å². The van der Waals surface area contributed by atoms with E-state index in [1.165, 1.54) is 31.2 Å². The van der Waals surface area contributed by atoms with Crippen molar-refractivity contribution in [1.82, 2.24) is 10.6 Å². The Morgan fingerprint density at radius 3 is 2.63 bits per heavy atom. The Hall–Kier alpha value is -0.800. The summed E-state index contributed by atoms with van der Waals surface area (Å²) in [6, 6.07) is 8.46. The second-order valence-electron chi connectivity index (χ2n) is 5.73. The molecule has 2 saturated carbocycles. The van der Waals surface area contributed by atoms with Crippen LogP contribution in [0, 0.1) is 11.8 Å². The Bertz CT molecular complexity index is 460. The summed E-state index contributed by atoms with van der Waals surface area (Å²) >= 11 is 11.2. The highest BCUT2D eigenvalue weighted by molar-refractivity contribution is 7.80. The smallest absolute Gasteiger partial charge is 0.166 e. The molecular weight excluding hydrogens is 276 g/mol. The van der Waals surface area contributed by atoms with Gasteiger partial charge in [0.25, 0.3) is 0 Å². The van der Waals surface area contributed by atoms with E-state index in [0.717, 1.165) is 28.5 Å². The van der Waals surface area contributed by atoms with E-state index in [4.69, 9.17) is 23.8 Å². The fourth-order valence-corrected chi connectivity index (χ4v) is 3.78. The second-order valence-corrected chi connectivity index (χ2v) is 6.58. The van der Waals surface area contributed by atoms with E-state index < -0.39 is 0 Å². The van der Waals surface area contributed by atoms with E-state index in [1.54, 1.807) is 0 Å². The van der Waals surface area contributed by atoms with Gasteiger partial charge in [0.15, 0.2) is 5.11 Å². The van der Waals surface area contributed by atoms with E-state index in [-0.39, 0.29) is 0 Å². The summed E-state index contributed by atoms with van der Waals surface area (Å²) in [7, 11) is 0. The standard InChI is InChI=1S/C15H19ClN2S/c16-13-5-2-10(3-6-13)9-17-15(19)18-14-8-11-1-4-12(14)7-11/h2-3,5-6,11-12,14H,1,4,7-9H2,(H2,17,18,19). The molecule has 3 atom stereocenters. The van der Waals surface area contributed by atoms with Crippen molar-refractivity contribution in [3.05, 3.63) is 34.9 Å². The molecule has 0 radical (unpaired) electrons. The number of hydrogen-bond donors (Lipinski definition) is 2. The second kappa shape index (κ2) is 5.68. The van der Waals surface area contributed by atoms with Crippen LogP contribution in [0.4, 0.5) is 0 Å². The Morgan fingerprint density at radius 1 is 1.21 bits per heavy atom. The highest BCUT2D eigenvalue weighted by Crippen LogP contribution is 2.44. The highest BCUT2D eigenvalue weighted by Gasteiger charge is 2.39. The minimum absolute atomic E-state index is 0.601. The maximum atomic E-state index is 5.87. The van der Waals surface area contributed by atoms with E-state index >= 15 is 0 Å². The van der Waals surface area contributed by atoms with E-state index in [9.17, 15) is 0 Å². The van der Waals surface area contributed by atoms with Crippen LogP contribution in [-0.4, -0.2) is 11.2 Å². The summed E-state index contributed by atoms with van der Waals surface area (Å²) in [6.07, 6.45) is 5.50. The van der Waals surface area contributed by atoms with Crippen molar-refractivity contribution in [2.45, 2.75) is 38.3 Å². The zero-order valence-electron chi connectivity index (χ0n) is 10.9. The topological polar surface area (TPSA) is 24.1 Å². The predicted molar refractivity (Wildman–Crippen MR) is 83.3 cm³/mol. The highest BCUT2D eigenvalue weighted by atomic mass is 35.5. The Kier molecular flexibility index (Phi) is 3.94. The molecule has 1 aromatic rings. The van der Waals surface area contributed by atoms with Crippen LogP contribution >= 0.6 is 23.8 Å². The van der Waals surface area contributed by atoms with Gasteiger partial charge >= 0.3 is 0 Å². The lowest BCUT2D eigenvalue weighted by Crippen LogP contribution is -2.43. The molecule has 2 nitrogen and oxygen atoms in total. The first-order valence-corrected chi connectivity index (χ1v) is 7.78. The van der Waals surface area contributed by atoms with Gasteiger partial charge < -0.3 is 10.6 Å². The summed E-state index contributed by atoms with van der Waals surface area (Å²) in [5, 5.41) is 8.32. The lowest BCUT2D eigenvalue weighted by Gasteiger charge is -2.24. The van der Waals surface area contributed by atoms with Crippen molar-refractivity contribution >= 4 is 28.9 Å². The third-order valence-electron chi connectivity index (χ3n) is 4.42. The zero-order valence-corrected chi connectivity index (χ0v) is 12.4. The normalized spacial score (nSPS) is 28.4. The molecule has 19 heavy (non-hydrogen) atoms. The van der Waals surface area contributed by atoms with E-state index in [2.05, 4.69) is 10.6 Å². The summed E-state index contributed by atoms with van der Waals surface area (Å²) in [5.74, 6) is 1.79. The first-order valence-electron chi connectivity index (χ1n) is 6.99. The monoisotopic (exact) mass is 294 g/mol. The number of nitrogens with one attached hydrogen (secondary N) is 2. The lowest BCUT2D eigenvalue weighted by atomic mass is 9.96. The molecule has 0 amide bonds. The van der Waals surface area contributed by atoms with Crippen molar-refractivity contribution in [3.63, 3.8) is 0 Å². The maximum Gasteiger partial charge on any atom is 0.166 e. The lowest BCUT2D eigenvalue weighted by molar-refractivity contribution is 0.389. The molecule has 0 spiro atoms. The number of thiocarbonyl (C=S) groups is 1. The summed E-state index contributed by atoms with van der Waals surface area (Å²) < 4.78 is 0. The quantitative estimate of drug-likeness (QED) is 0.835. The van der Waals surface area contributed by atoms with Crippen LogP contribution < -0.4 is 10.6 Å². The molecule has 2 fully saturated rings. The molecule has 4 heteroatoms. The van der Waals surface area contributed by atoms with Crippen LogP contribution in [-0.2, 0) is 6.54 Å². The molecule has 0 heterocycles. The molecule has 0 aliphatic heterocycles.